The fourth-order valence-electron chi connectivity index (χ4n) is 5.23. The number of hydrogen-bond donors (Lipinski definition) is 3. The molecule has 3 heterocycles. The molecule has 2 aromatic rings. The molecule has 4 amide bonds. The SMILES string of the molecule is CC(C)(C)C(NC(=O)C(F)(F)F)C(=O)NC(Cc1cccnc1)C(=O)N1C(=O)[C@@]2(CN[C@H](C#N)C2)c2ccccc21. The van der Waals surface area contributed by atoms with E-state index < -0.39 is 58.8 Å². The molecule has 4 atom stereocenters. The Hall–Kier alpha value is -4.31. The molecule has 1 fully saturated rings. The minimum Gasteiger partial charge on any atom is -0.342 e. The first-order chi connectivity index (χ1) is 19.2. The van der Waals surface area contributed by atoms with E-state index in [-0.39, 0.29) is 19.4 Å². The third-order valence-corrected chi connectivity index (χ3v) is 7.29. The van der Waals surface area contributed by atoms with Crippen molar-refractivity contribution < 1.29 is 32.3 Å². The van der Waals surface area contributed by atoms with Crippen molar-refractivity contribution in [1.29, 1.82) is 5.26 Å². The van der Waals surface area contributed by atoms with Gasteiger partial charge in [0.1, 0.15) is 12.1 Å². The number of pyridine rings is 1. The quantitative estimate of drug-likeness (QED) is 0.481. The molecule has 3 N–H and O–H groups in total. The average Bonchev–Trinajstić information content (AvgIpc) is 3.45. The highest BCUT2D eigenvalue weighted by Gasteiger charge is 2.57. The fourth-order valence-corrected chi connectivity index (χ4v) is 5.23. The van der Waals surface area contributed by atoms with E-state index in [4.69, 9.17) is 0 Å². The van der Waals surface area contributed by atoms with E-state index in [1.807, 2.05) is 0 Å². The molecule has 4 rings (SSSR count). The van der Waals surface area contributed by atoms with E-state index in [2.05, 4.69) is 21.7 Å². The Morgan fingerprint density at radius 2 is 1.88 bits per heavy atom. The molecule has 0 bridgehead atoms. The van der Waals surface area contributed by atoms with Crippen LogP contribution in [0.15, 0.2) is 48.8 Å². The first kappa shape index (κ1) is 29.7. The number of rotatable bonds is 6. The summed E-state index contributed by atoms with van der Waals surface area (Å²) in [5, 5.41) is 16.7. The van der Waals surface area contributed by atoms with Gasteiger partial charge in [-0.3, -0.25) is 24.2 Å². The summed E-state index contributed by atoms with van der Waals surface area (Å²) in [6.07, 6.45) is -2.27. The Bertz CT molecular complexity index is 1400. The van der Waals surface area contributed by atoms with Gasteiger partial charge in [-0.1, -0.05) is 45.0 Å². The molecule has 0 aliphatic carbocycles. The number of nitriles is 1. The normalized spacial score (nSPS) is 21.6. The molecular weight excluding hydrogens is 541 g/mol. The van der Waals surface area contributed by atoms with Crippen molar-refractivity contribution in [1.82, 2.24) is 20.9 Å². The first-order valence-corrected chi connectivity index (χ1v) is 12.9. The number of fused-ring (bicyclic) bond motifs is 2. The Morgan fingerprint density at radius 1 is 1.17 bits per heavy atom. The molecule has 10 nitrogen and oxygen atoms in total. The van der Waals surface area contributed by atoms with Gasteiger partial charge in [0.15, 0.2) is 0 Å². The summed E-state index contributed by atoms with van der Waals surface area (Å²) in [5.74, 6) is -4.71. The van der Waals surface area contributed by atoms with E-state index in [1.54, 1.807) is 41.7 Å². The summed E-state index contributed by atoms with van der Waals surface area (Å²) in [7, 11) is 0. The summed E-state index contributed by atoms with van der Waals surface area (Å²) < 4.78 is 39.2. The molecule has 1 saturated heterocycles. The number of imide groups is 1. The molecule has 1 spiro atoms. The average molecular weight is 571 g/mol. The highest BCUT2D eigenvalue weighted by Crippen LogP contribution is 2.46. The summed E-state index contributed by atoms with van der Waals surface area (Å²) in [6, 6.07) is 8.32. The van der Waals surface area contributed by atoms with Crippen LogP contribution in [-0.4, -0.2) is 59.5 Å². The number of halogens is 3. The van der Waals surface area contributed by atoms with Crippen LogP contribution in [-0.2, 0) is 31.0 Å². The van der Waals surface area contributed by atoms with Crippen molar-refractivity contribution in [2.75, 3.05) is 11.4 Å². The van der Waals surface area contributed by atoms with E-state index in [0.717, 1.165) is 4.90 Å². The monoisotopic (exact) mass is 570 g/mol. The summed E-state index contributed by atoms with van der Waals surface area (Å²) in [5.41, 5.74) is -0.982. The number of amides is 4. The Labute approximate surface area is 234 Å². The lowest BCUT2D eigenvalue weighted by atomic mass is 9.79. The van der Waals surface area contributed by atoms with Gasteiger partial charge in [-0.15, -0.1) is 0 Å². The summed E-state index contributed by atoms with van der Waals surface area (Å²) in [6.45, 7) is 4.53. The molecule has 2 aliphatic heterocycles. The highest BCUT2D eigenvalue weighted by atomic mass is 19.4. The van der Waals surface area contributed by atoms with Crippen LogP contribution in [0.25, 0.3) is 0 Å². The predicted molar refractivity (Wildman–Crippen MR) is 140 cm³/mol. The number of carbonyl (C=O) groups is 4. The zero-order valence-corrected chi connectivity index (χ0v) is 22.6. The van der Waals surface area contributed by atoms with Crippen molar-refractivity contribution in [3.8, 4) is 6.07 Å². The zero-order valence-electron chi connectivity index (χ0n) is 22.6. The molecule has 13 heteroatoms. The van der Waals surface area contributed by atoms with Gasteiger partial charge in [0.25, 0.3) is 5.91 Å². The largest absolute Gasteiger partial charge is 0.471 e. The third kappa shape index (κ3) is 5.78. The van der Waals surface area contributed by atoms with Crippen molar-refractivity contribution in [3.05, 3.63) is 59.9 Å². The molecule has 2 unspecified atom stereocenters. The lowest BCUT2D eigenvalue weighted by Crippen LogP contribution is -2.60. The van der Waals surface area contributed by atoms with E-state index >= 15 is 0 Å². The molecule has 1 aromatic heterocycles. The summed E-state index contributed by atoms with van der Waals surface area (Å²) >= 11 is 0. The molecule has 41 heavy (non-hydrogen) atoms. The maximum atomic E-state index is 14.1. The Kier molecular flexibility index (Phi) is 7.91. The smallest absolute Gasteiger partial charge is 0.342 e. The van der Waals surface area contributed by atoms with Crippen LogP contribution in [0.5, 0.6) is 0 Å². The number of alkyl halides is 3. The van der Waals surface area contributed by atoms with Crippen LogP contribution >= 0.6 is 0 Å². The van der Waals surface area contributed by atoms with Gasteiger partial charge in [0.05, 0.1) is 23.2 Å². The molecule has 0 saturated carbocycles. The number of carbonyl (C=O) groups excluding carboxylic acids is 4. The van der Waals surface area contributed by atoms with Crippen molar-refractivity contribution in [3.63, 3.8) is 0 Å². The van der Waals surface area contributed by atoms with Crippen LogP contribution in [0, 0.1) is 16.7 Å². The van der Waals surface area contributed by atoms with Crippen LogP contribution in [0.2, 0.25) is 0 Å². The fraction of sp³-hybridized carbons (Fsp3) is 0.429. The minimum atomic E-state index is -5.23. The van der Waals surface area contributed by atoms with Gasteiger partial charge < -0.3 is 16.0 Å². The van der Waals surface area contributed by atoms with E-state index in [0.29, 0.717) is 16.8 Å². The van der Waals surface area contributed by atoms with E-state index in [1.165, 1.54) is 33.2 Å². The second kappa shape index (κ2) is 10.9. The minimum absolute atomic E-state index is 0.125. The van der Waals surface area contributed by atoms with Crippen LogP contribution in [0.3, 0.4) is 0 Å². The Morgan fingerprint density at radius 3 is 2.46 bits per heavy atom. The number of aromatic nitrogens is 1. The highest BCUT2D eigenvalue weighted by molar-refractivity contribution is 6.24. The Balaban J connectivity index is 1.70. The van der Waals surface area contributed by atoms with E-state index in [9.17, 15) is 37.6 Å². The van der Waals surface area contributed by atoms with Gasteiger partial charge >= 0.3 is 12.1 Å². The predicted octanol–water partition coefficient (Wildman–Crippen LogP) is 1.90. The van der Waals surface area contributed by atoms with Gasteiger partial charge in [0, 0.05) is 25.4 Å². The number of para-hydroxylation sites is 1. The second-order valence-corrected chi connectivity index (χ2v) is 11.2. The van der Waals surface area contributed by atoms with Gasteiger partial charge in [0.2, 0.25) is 11.8 Å². The lowest BCUT2D eigenvalue weighted by Gasteiger charge is -2.32. The number of nitrogens with zero attached hydrogens (tertiary/aromatic N) is 3. The number of nitrogens with one attached hydrogen (secondary N) is 3. The molecule has 0 radical (unpaired) electrons. The topological polar surface area (TPSA) is 144 Å². The number of benzene rings is 1. The van der Waals surface area contributed by atoms with Gasteiger partial charge in [-0.2, -0.15) is 18.4 Å². The maximum Gasteiger partial charge on any atom is 0.471 e. The molecular formula is C28H29F3N6O4. The molecule has 1 aromatic carbocycles. The van der Waals surface area contributed by atoms with Gasteiger partial charge in [-0.05, 0) is 35.1 Å². The molecule has 2 aliphatic rings. The summed E-state index contributed by atoms with van der Waals surface area (Å²) in [4.78, 5) is 58.2. The van der Waals surface area contributed by atoms with Crippen LogP contribution < -0.4 is 20.9 Å². The van der Waals surface area contributed by atoms with Crippen LogP contribution in [0.4, 0.5) is 18.9 Å². The number of hydrogen-bond acceptors (Lipinski definition) is 7. The van der Waals surface area contributed by atoms with Crippen LogP contribution in [0.1, 0.15) is 38.3 Å². The van der Waals surface area contributed by atoms with Crippen molar-refractivity contribution in [2.45, 2.75) is 63.3 Å². The zero-order chi connectivity index (χ0) is 30.2. The molecule has 216 valence electrons. The second-order valence-electron chi connectivity index (χ2n) is 11.2. The van der Waals surface area contributed by atoms with Gasteiger partial charge in [-0.25, -0.2) is 4.90 Å². The lowest BCUT2D eigenvalue weighted by molar-refractivity contribution is -0.175. The maximum absolute atomic E-state index is 14.1. The number of anilines is 1. The third-order valence-electron chi connectivity index (χ3n) is 7.29. The standard InChI is InChI=1S/C28H29F3N6O4/c1-26(2,3)21(36-24(40)28(29,30)31)22(38)35-19(11-16-7-6-10-33-14-16)23(39)37-20-9-5-4-8-18(20)27(25(37)41)12-17(13-32)34-15-27/h4-10,14,17,19,21,34H,11-12,15H2,1-3H3,(H,35,38)(H,36,40)/t17-,19?,21?,27-/m0/s1. The van der Waals surface area contributed by atoms with Crippen molar-refractivity contribution >= 4 is 29.3 Å². The first-order valence-electron chi connectivity index (χ1n) is 12.9. The van der Waals surface area contributed by atoms with Crippen molar-refractivity contribution in [2.24, 2.45) is 5.41 Å².